The van der Waals surface area contributed by atoms with Gasteiger partial charge in [0.1, 0.15) is 24.6 Å². The summed E-state index contributed by atoms with van der Waals surface area (Å²) in [6.45, 7) is 3.31. The molecule has 3 aromatic heterocycles. The van der Waals surface area contributed by atoms with Crippen LogP contribution in [0.3, 0.4) is 0 Å². The second-order valence-corrected chi connectivity index (χ2v) is 10.3. The van der Waals surface area contributed by atoms with Crippen molar-refractivity contribution in [3.63, 3.8) is 0 Å². The van der Waals surface area contributed by atoms with Crippen LogP contribution in [-0.4, -0.2) is 87.8 Å². The molecule has 0 saturated heterocycles. The van der Waals surface area contributed by atoms with Gasteiger partial charge in [-0.05, 0) is 50.0 Å². The highest BCUT2D eigenvalue weighted by Crippen LogP contribution is 2.31. The number of benzene rings is 1. The number of nitrogens with one attached hydrogen (secondary N) is 2. The van der Waals surface area contributed by atoms with E-state index in [1.807, 2.05) is 32.0 Å². The second-order valence-electron chi connectivity index (χ2n) is 10.3. The normalized spacial score (nSPS) is 11.4. The lowest BCUT2D eigenvalue weighted by molar-refractivity contribution is -0.755. The minimum Gasteiger partial charge on any atom is -0.542 e. The number of halogens is 9. The molecule has 0 aliphatic heterocycles. The molecule has 4 rings (SSSR count). The third kappa shape index (κ3) is 15.0. The van der Waals surface area contributed by atoms with Gasteiger partial charge in [0.25, 0.3) is 6.20 Å². The van der Waals surface area contributed by atoms with Gasteiger partial charge in [0.05, 0.1) is 16.8 Å². The summed E-state index contributed by atoms with van der Waals surface area (Å²) in [4.78, 5) is 44.9. The lowest BCUT2D eigenvalue weighted by atomic mass is 10.1. The number of carbonyl (C=O) groups excluding carboxylic acids is 2. The van der Waals surface area contributed by atoms with E-state index in [-0.39, 0.29) is 18.1 Å². The van der Waals surface area contributed by atoms with Gasteiger partial charge in [0.2, 0.25) is 17.7 Å². The molecule has 53 heavy (non-hydrogen) atoms. The van der Waals surface area contributed by atoms with Crippen LogP contribution in [0, 0.1) is 6.92 Å². The highest BCUT2D eigenvalue weighted by atomic mass is 19.4. The van der Waals surface area contributed by atoms with Crippen LogP contribution < -0.4 is 25.2 Å². The monoisotopic (exact) mass is 770 g/mol. The molecule has 0 spiro atoms. The minimum absolute atomic E-state index is 0.00679. The molecule has 15 nitrogen and oxygen atoms in total. The number of anilines is 2. The van der Waals surface area contributed by atoms with Crippen molar-refractivity contribution in [2.45, 2.75) is 32.0 Å². The number of urea groups is 1. The Balaban J connectivity index is 0.000000587. The van der Waals surface area contributed by atoms with E-state index in [1.165, 1.54) is 29.3 Å². The molecule has 2 amide bonds. The first-order chi connectivity index (χ1) is 24.5. The van der Waals surface area contributed by atoms with Gasteiger partial charge < -0.3 is 30.0 Å². The van der Waals surface area contributed by atoms with Crippen LogP contribution >= 0.6 is 0 Å². The third-order valence-electron chi connectivity index (χ3n) is 5.89. The zero-order valence-electron chi connectivity index (χ0n) is 27.3. The Labute approximate surface area is 292 Å². The zero-order valence-corrected chi connectivity index (χ0v) is 27.3. The Morgan fingerprint density at radius 1 is 0.962 bits per heavy atom. The lowest BCUT2D eigenvalue weighted by Gasteiger charge is -2.14. The number of carboxylic acids is 2. The quantitative estimate of drug-likeness (QED) is 0.165. The minimum atomic E-state index is -5.19. The Kier molecular flexibility index (Phi) is 15.0. The highest BCUT2D eigenvalue weighted by molar-refractivity contribution is 5.98. The maximum absolute atomic E-state index is 12.9. The van der Waals surface area contributed by atoms with Crippen LogP contribution in [0.25, 0.3) is 11.1 Å². The van der Waals surface area contributed by atoms with Gasteiger partial charge in [0, 0.05) is 24.0 Å². The Morgan fingerprint density at radius 2 is 1.60 bits per heavy atom. The third-order valence-corrected chi connectivity index (χ3v) is 5.89. The fourth-order valence-electron chi connectivity index (χ4n) is 3.51. The Bertz CT molecular complexity index is 1810. The van der Waals surface area contributed by atoms with E-state index in [0.29, 0.717) is 18.2 Å². The van der Waals surface area contributed by atoms with E-state index in [2.05, 4.69) is 30.9 Å². The summed E-state index contributed by atoms with van der Waals surface area (Å²) >= 11 is 0. The van der Waals surface area contributed by atoms with Crippen molar-refractivity contribution >= 4 is 29.5 Å². The van der Waals surface area contributed by atoms with E-state index in [1.54, 1.807) is 12.3 Å². The summed E-state index contributed by atoms with van der Waals surface area (Å²) < 4.78 is 114. The molecule has 0 unspecified atom stereocenters. The van der Waals surface area contributed by atoms with Gasteiger partial charge >= 0.3 is 36.4 Å². The van der Waals surface area contributed by atoms with Crippen LogP contribution in [0.15, 0.2) is 59.6 Å². The first kappa shape index (κ1) is 43.1. The van der Waals surface area contributed by atoms with E-state index in [4.69, 9.17) is 29.1 Å². The number of hydrogen-bond acceptors (Lipinski definition) is 11. The molecule has 0 aliphatic carbocycles. The van der Waals surface area contributed by atoms with Crippen molar-refractivity contribution in [1.82, 2.24) is 25.1 Å². The van der Waals surface area contributed by atoms with Crippen molar-refractivity contribution in [2.75, 3.05) is 37.9 Å². The number of ether oxygens (including phenoxy) is 1. The highest BCUT2D eigenvalue weighted by Gasteiger charge is 2.38. The molecule has 3 N–H and O–H groups in total. The van der Waals surface area contributed by atoms with Crippen LogP contribution in [-0.2, 0) is 22.3 Å². The largest absolute Gasteiger partial charge is 0.542 e. The summed E-state index contributed by atoms with van der Waals surface area (Å²) in [7, 11) is 3.92. The molecule has 0 aliphatic rings. The predicted molar refractivity (Wildman–Crippen MR) is 159 cm³/mol. The number of likely N-dealkylation sites (N-methyl/N-ethyl adjacent to an activating group) is 1. The molecule has 24 heteroatoms. The SMILES string of the molecule is Cc1ncnc(OCCN(C)C)c1-c1ccc(C[n+]2cc(NC(=O)Nc3cccc(C(F)(F)F)c3)on2)nc1.O=C(O)C(F)(F)F.O=C([O-])C(F)(F)F. The molecule has 0 atom stereocenters. The Hall–Kier alpha value is -6.07. The molecule has 288 valence electrons. The topological polar surface area (TPSA) is 200 Å². The van der Waals surface area contributed by atoms with Crippen molar-refractivity contribution < 1.29 is 78.1 Å². The smallest absolute Gasteiger partial charge is 0.490 e. The van der Waals surface area contributed by atoms with E-state index in [9.17, 15) is 44.3 Å². The Morgan fingerprint density at radius 3 is 2.13 bits per heavy atom. The maximum Gasteiger partial charge on any atom is 0.490 e. The van der Waals surface area contributed by atoms with Crippen molar-refractivity contribution in [2.24, 2.45) is 0 Å². The second kappa shape index (κ2) is 18.4. The molecular formula is C29H27F9N8O7. The average Bonchev–Trinajstić information content (AvgIpc) is 3.47. The lowest BCUT2D eigenvalue weighted by Crippen LogP contribution is -2.37. The van der Waals surface area contributed by atoms with E-state index < -0.39 is 42.1 Å². The van der Waals surface area contributed by atoms with Crippen LogP contribution in [0.4, 0.5) is 55.9 Å². The summed E-state index contributed by atoms with van der Waals surface area (Å²) in [6.07, 6.45) is -10.2. The number of carboxylic acid groups (broad SMARTS) is 2. The number of aryl methyl sites for hydroxylation is 1. The molecule has 1 aromatic carbocycles. The number of amides is 2. The summed E-state index contributed by atoms with van der Waals surface area (Å²) in [5.74, 6) is -5.29. The van der Waals surface area contributed by atoms with Gasteiger partial charge in [-0.1, -0.05) is 12.1 Å². The molecule has 0 saturated carbocycles. The first-order valence-corrected chi connectivity index (χ1v) is 14.2. The molecular weight excluding hydrogens is 743 g/mol. The van der Waals surface area contributed by atoms with Crippen LogP contribution in [0.5, 0.6) is 5.88 Å². The zero-order chi connectivity index (χ0) is 40.1. The first-order valence-electron chi connectivity index (χ1n) is 14.2. The van der Waals surface area contributed by atoms with Gasteiger partial charge in [-0.25, -0.2) is 19.6 Å². The average molecular weight is 771 g/mol. The van der Waals surface area contributed by atoms with Crippen LogP contribution in [0.2, 0.25) is 0 Å². The van der Waals surface area contributed by atoms with Gasteiger partial charge in [0.15, 0.2) is 0 Å². The van der Waals surface area contributed by atoms with E-state index in [0.717, 1.165) is 35.5 Å². The van der Waals surface area contributed by atoms with Crippen LogP contribution in [0.1, 0.15) is 17.0 Å². The standard InChI is InChI=1S/C25H25F3N8O3.2C2HF3O2/c1-16-22(23(31-15-30-16)38-10-9-35(2)3)17-7-8-20(29-12-17)13-36-14-21(39-34-36)33-24(37)32-19-6-4-5-18(11-19)25(26,27)28;2*3-2(4,5)1(6)7/h4-8,11-12,14-15H,9-10,13H2,1-3H3,(H-,32,33,34,37);2*(H,6,7). The number of carbonyl (C=O) groups is 3. The molecule has 3 heterocycles. The van der Waals surface area contributed by atoms with Gasteiger partial charge in [-0.2, -0.15) is 39.5 Å². The van der Waals surface area contributed by atoms with E-state index >= 15 is 0 Å². The van der Waals surface area contributed by atoms with Crippen molar-refractivity contribution in [3.8, 4) is 17.0 Å². The van der Waals surface area contributed by atoms with Crippen molar-refractivity contribution in [3.05, 3.63) is 72.1 Å². The number of aromatic nitrogens is 5. The maximum atomic E-state index is 12.9. The summed E-state index contributed by atoms with van der Waals surface area (Å²) in [6, 6.07) is 7.17. The number of hydrogen-bond donors (Lipinski definition) is 3. The molecule has 4 aromatic rings. The number of aliphatic carboxylic acids is 2. The molecule has 0 bridgehead atoms. The number of nitrogens with zero attached hydrogens (tertiary/aromatic N) is 6. The number of rotatable bonds is 9. The van der Waals surface area contributed by atoms with Gasteiger partial charge in [-0.3, -0.25) is 14.8 Å². The number of pyridine rings is 1. The fraction of sp³-hybridized carbons (Fsp3) is 0.310. The summed E-state index contributed by atoms with van der Waals surface area (Å²) in [5, 5.41) is 24.5. The van der Waals surface area contributed by atoms with Crippen molar-refractivity contribution in [1.29, 1.82) is 0 Å². The van der Waals surface area contributed by atoms with Gasteiger partial charge in [-0.15, -0.1) is 0 Å². The fourth-order valence-corrected chi connectivity index (χ4v) is 3.51. The molecule has 0 fully saturated rings. The molecule has 0 radical (unpaired) electrons. The number of alkyl halides is 9. The predicted octanol–water partition coefficient (Wildman–Crippen LogP) is 3.71. The summed E-state index contributed by atoms with van der Waals surface area (Å²) in [5.41, 5.74) is 2.05.